The summed E-state index contributed by atoms with van der Waals surface area (Å²) in [4.78, 5) is 15.8. The number of amides is 1. The molecular formula is C17H21N3O. The lowest BCUT2D eigenvalue weighted by molar-refractivity contribution is -0.116. The predicted octanol–water partition coefficient (Wildman–Crippen LogP) is 2.85. The number of para-hydroxylation sites is 2. The highest BCUT2D eigenvalue weighted by atomic mass is 16.1. The molecule has 1 aromatic carbocycles. The summed E-state index contributed by atoms with van der Waals surface area (Å²) >= 11 is 0. The average Bonchev–Trinajstić information content (AvgIpc) is 2.81. The minimum atomic E-state index is -0.134. The summed E-state index contributed by atoms with van der Waals surface area (Å²) < 4.78 is 2.20. The number of nitrogens with one attached hydrogen (secondary N) is 1. The number of benzene rings is 1. The topological polar surface area (TPSA) is 46.9 Å². The first-order valence-corrected chi connectivity index (χ1v) is 7.10. The van der Waals surface area contributed by atoms with Crippen LogP contribution in [0, 0.1) is 0 Å². The maximum atomic E-state index is 11.1. The molecule has 2 aromatic rings. The number of carbonyl (C=O) groups excluding carboxylic acids is 1. The summed E-state index contributed by atoms with van der Waals surface area (Å²) in [7, 11) is 0. The van der Waals surface area contributed by atoms with Crippen molar-refractivity contribution >= 4 is 16.9 Å². The second kappa shape index (κ2) is 6.88. The summed E-state index contributed by atoms with van der Waals surface area (Å²) in [5.74, 6) is 0.900. The Kier molecular flexibility index (Phi) is 4.93. The van der Waals surface area contributed by atoms with E-state index in [2.05, 4.69) is 29.1 Å². The molecule has 0 unspecified atom stereocenters. The predicted molar refractivity (Wildman–Crippen MR) is 86.1 cm³/mol. The summed E-state index contributed by atoms with van der Waals surface area (Å²) in [6, 6.07) is 8.11. The fourth-order valence-corrected chi connectivity index (χ4v) is 2.29. The van der Waals surface area contributed by atoms with Crippen molar-refractivity contribution < 1.29 is 4.79 Å². The molecule has 0 saturated heterocycles. The van der Waals surface area contributed by atoms with Crippen LogP contribution in [-0.4, -0.2) is 22.0 Å². The number of fused-ring (bicyclic) bond motifs is 1. The van der Waals surface area contributed by atoms with Crippen molar-refractivity contribution in [2.24, 2.45) is 0 Å². The minimum absolute atomic E-state index is 0.134. The molecule has 0 saturated carbocycles. The highest BCUT2D eigenvalue weighted by Gasteiger charge is 2.10. The Morgan fingerprint density at radius 2 is 2.19 bits per heavy atom. The number of hydrogen-bond acceptors (Lipinski definition) is 2. The van der Waals surface area contributed by atoms with Gasteiger partial charge in [0.2, 0.25) is 5.91 Å². The first-order valence-electron chi connectivity index (χ1n) is 7.10. The Hall–Kier alpha value is -2.36. The normalized spacial score (nSPS) is 10.5. The minimum Gasteiger partial charge on any atom is -0.353 e. The van der Waals surface area contributed by atoms with Gasteiger partial charge in [-0.2, -0.15) is 0 Å². The molecule has 0 spiro atoms. The van der Waals surface area contributed by atoms with Gasteiger partial charge in [-0.3, -0.25) is 4.79 Å². The number of allylic oxidation sites excluding steroid dienone is 1. The van der Waals surface area contributed by atoms with E-state index in [1.165, 1.54) is 6.08 Å². The third-order valence-corrected chi connectivity index (χ3v) is 3.22. The highest BCUT2D eigenvalue weighted by molar-refractivity contribution is 5.86. The first kappa shape index (κ1) is 15.0. The Morgan fingerprint density at radius 3 is 2.90 bits per heavy atom. The molecule has 110 valence electrons. The lowest BCUT2D eigenvalue weighted by Crippen LogP contribution is -2.22. The van der Waals surface area contributed by atoms with E-state index in [1.807, 2.05) is 25.1 Å². The van der Waals surface area contributed by atoms with Gasteiger partial charge in [-0.05, 0) is 31.6 Å². The van der Waals surface area contributed by atoms with Gasteiger partial charge in [-0.15, -0.1) is 0 Å². The maximum absolute atomic E-state index is 11.1. The molecule has 0 aliphatic rings. The van der Waals surface area contributed by atoms with Crippen LogP contribution in [0.1, 0.15) is 19.2 Å². The summed E-state index contributed by atoms with van der Waals surface area (Å²) in [6.45, 7) is 10.8. The molecular weight excluding hydrogens is 262 g/mol. The van der Waals surface area contributed by atoms with Crippen LogP contribution >= 0.6 is 0 Å². The molecule has 0 aliphatic carbocycles. The van der Waals surface area contributed by atoms with E-state index in [1.54, 1.807) is 0 Å². The third-order valence-electron chi connectivity index (χ3n) is 3.22. The molecule has 4 nitrogen and oxygen atoms in total. The second-order valence-electron chi connectivity index (χ2n) is 5.16. The van der Waals surface area contributed by atoms with Crippen LogP contribution in [-0.2, 0) is 17.8 Å². The number of carbonyl (C=O) groups is 1. The molecule has 0 atom stereocenters. The molecule has 0 fully saturated rings. The second-order valence-corrected chi connectivity index (χ2v) is 5.16. The zero-order chi connectivity index (χ0) is 15.2. The standard InChI is InChI=1S/C17H21N3O/c1-4-17(21)18-11-7-10-16-19-14-8-5-6-9-15(14)20(16)12-13(2)3/h4-6,8-9H,1-2,7,10-12H2,3H3,(H,18,21). The molecule has 21 heavy (non-hydrogen) atoms. The molecule has 1 N–H and O–H groups in total. The van der Waals surface area contributed by atoms with Crippen LogP contribution in [0.2, 0.25) is 0 Å². The van der Waals surface area contributed by atoms with Crippen LogP contribution < -0.4 is 5.32 Å². The third kappa shape index (κ3) is 3.81. The van der Waals surface area contributed by atoms with Gasteiger partial charge in [0.05, 0.1) is 11.0 Å². The molecule has 0 aliphatic heterocycles. The van der Waals surface area contributed by atoms with Crippen LogP contribution in [0.4, 0.5) is 0 Å². The number of rotatable bonds is 7. The van der Waals surface area contributed by atoms with Crippen molar-refractivity contribution in [2.75, 3.05) is 6.54 Å². The quantitative estimate of drug-likeness (QED) is 0.482. The molecule has 1 amide bonds. The summed E-state index contributed by atoms with van der Waals surface area (Å²) in [5.41, 5.74) is 3.23. The average molecular weight is 283 g/mol. The van der Waals surface area contributed by atoms with E-state index in [4.69, 9.17) is 4.98 Å². The van der Waals surface area contributed by atoms with Crippen molar-refractivity contribution in [3.05, 3.63) is 54.9 Å². The molecule has 2 rings (SSSR count). The van der Waals surface area contributed by atoms with Crippen molar-refractivity contribution in [3.8, 4) is 0 Å². The number of hydrogen-bond donors (Lipinski definition) is 1. The monoisotopic (exact) mass is 283 g/mol. The van der Waals surface area contributed by atoms with Crippen LogP contribution in [0.5, 0.6) is 0 Å². The number of aromatic nitrogens is 2. The zero-order valence-corrected chi connectivity index (χ0v) is 12.4. The maximum Gasteiger partial charge on any atom is 0.243 e. The molecule has 1 heterocycles. The molecule has 0 radical (unpaired) electrons. The van der Waals surface area contributed by atoms with Gasteiger partial charge in [0, 0.05) is 19.5 Å². The van der Waals surface area contributed by atoms with Crippen LogP contribution in [0.25, 0.3) is 11.0 Å². The van der Waals surface area contributed by atoms with Gasteiger partial charge in [0.15, 0.2) is 0 Å². The van der Waals surface area contributed by atoms with Crippen LogP contribution in [0.15, 0.2) is 49.1 Å². The van der Waals surface area contributed by atoms with Crippen molar-refractivity contribution in [1.82, 2.24) is 14.9 Å². The largest absolute Gasteiger partial charge is 0.353 e. The van der Waals surface area contributed by atoms with E-state index in [0.29, 0.717) is 6.54 Å². The summed E-state index contributed by atoms with van der Waals surface area (Å²) in [5, 5.41) is 2.78. The Labute approximate surface area is 125 Å². The fraction of sp³-hybridized carbons (Fsp3) is 0.294. The Balaban J connectivity index is 2.12. The van der Waals surface area contributed by atoms with Gasteiger partial charge in [-0.1, -0.05) is 30.9 Å². The highest BCUT2D eigenvalue weighted by Crippen LogP contribution is 2.18. The SMILES string of the molecule is C=CC(=O)NCCCc1nc2ccccc2n1CC(=C)C. The van der Waals surface area contributed by atoms with Gasteiger partial charge in [0.25, 0.3) is 0 Å². The molecule has 4 heteroatoms. The number of aryl methyl sites for hydroxylation is 1. The lowest BCUT2D eigenvalue weighted by atomic mass is 10.2. The molecule has 0 bridgehead atoms. The van der Waals surface area contributed by atoms with E-state index in [0.717, 1.165) is 41.8 Å². The van der Waals surface area contributed by atoms with E-state index < -0.39 is 0 Å². The smallest absolute Gasteiger partial charge is 0.243 e. The van der Waals surface area contributed by atoms with Crippen LogP contribution in [0.3, 0.4) is 0 Å². The van der Waals surface area contributed by atoms with Gasteiger partial charge >= 0.3 is 0 Å². The van der Waals surface area contributed by atoms with Gasteiger partial charge in [-0.25, -0.2) is 4.98 Å². The fourth-order valence-electron chi connectivity index (χ4n) is 2.29. The van der Waals surface area contributed by atoms with E-state index in [9.17, 15) is 4.79 Å². The van der Waals surface area contributed by atoms with E-state index in [-0.39, 0.29) is 5.91 Å². The van der Waals surface area contributed by atoms with Crippen molar-refractivity contribution in [3.63, 3.8) is 0 Å². The Morgan fingerprint density at radius 1 is 1.43 bits per heavy atom. The lowest BCUT2D eigenvalue weighted by Gasteiger charge is -2.09. The van der Waals surface area contributed by atoms with Crippen molar-refractivity contribution in [1.29, 1.82) is 0 Å². The zero-order valence-electron chi connectivity index (χ0n) is 12.4. The van der Waals surface area contributed by atoms with E-state index >= 15 is 0 Å². The van der Waals surface area contributed by atoms with Gasteiger partial charge < -0.3 is 9.88 Å². The Bertz CT molecular complexity index is 670. The summed E-state index contributed by atoms with van der Waals surface area (Å²) in [6.07, 6.45) is 2.95. The van der Waals surface area contributed by atoms with Gasteiger partial charge in [0.1, 0.15) is 5.82 Å². The van der Waals surface area contributed by atoms with Crippen molar-refractivity contribution in [2.45, 2.75) is 26.3 Å². The number of imidazole rings is 1. The molecule has 1 aromatic heterocycles. The number of nitrogens with zero attached hydrogens (tertiary/aromatic N) is 2. The first-order chi connectivity index (χ1) is 10.1.